The van der Waals surface area contributed by atoms with Gasteiger partial charge in [-0.05, 0) is 32.0 Å². The molecule has 1 amide bonds. The second kappa shape index (κ2) is 5.73. The van der Waals surface area contributed by atoms with Crippen LogP contribution in [0.15, 0.2) is 18.2 Å². The van der Waals surface area contributed by atoms with E-state index in [1.54, 1.807) is 26.0 Å². The third kappa shape index (κ3) is 3.37. The minimum absolute atomic E-state index is 0.281. The lowest BCUT2D eigenvalue weighted by Crippen LogP contribution is -2.30. The Bertz CT molecular complexity index is 476. The Labute approximate surface area is 110 Å². The molecular formula is C12H15ClN2O3. The quantitative estimate of drug-likeness (QED) is 0.762. The lowest BCUT2D eigenvalue weighted by Gasteiger charge is -2.20. The zero-order valence-corrected chi connectivity index (χ0v) is 10.9. The first-order chi connectivity index (χ1) is 8.32. The fraction of sp³-hybridized carbons (Fsp3) is 0.333. The van der Waals surface area contributed by atoms with Crippen molar-refractivity contribution in [2.45, 2.75) is 19.9 Å². The average molecular weight is 271 g/mol. The van der Waals surface area contributed by atoms with Crippen LogP contribution >= 0.6 is 11.6 Å². The van der Waals surface area contributed by atoms with Crippen molar-refractivity contribution in [1.29, 1.82) is 0 Å². The molecular weight excluding hydrogens is 256 g/mol. The number of carboxylic acids is 1. The summed E-state index contributed by atoms with van der Waals surface area (Å²) in [6.07, 6.45) is 0. The van der Waals surface area contributed by atoms with E-state index in [1.807, 2.05) is 0 Å². The van der Waals surface area contributed by atoms with Crippen LogP contribution in [0.1, 0.15) is 24.2 Å². The molecule has 98 valence electrons. The summed E-state index contributed by atoms with van der Waals surface area (Å²) < 4.78 is 0. The van der Waals surface area contributed by atoms with Crippen LogP contribution in [-0.4, -0.2) is 23.0 Å². The molecule has 1 aromatic rings. The van der Waals surface area contributed by atoms with Crippen LogP contribution in [0.2, 0.25) is 5.02 Å². The predicted octanol–water partition coefficient (Wildman–Crippen LogP) is 1.96. The van der Waals surface area contributed by atoms with E-state index in [0.29, 0.717) is 10.7 Å². The molecule has 1 aromatic carbocycles. The van der Waals surface area contributed by atoms with Gasteiger partial charge in [-0.2, -0.15) is 0 Å². The summed E-state index contributed by atoms with van der Waals surface area (Å²) in [5.74, 6) is -2.12. The predicted molar refractivity (Wildman–Crippen MR) is 69.9 cm³/mol. The highest BCUT2D eigenvalue weighted by atomic mass is 35.5. The summed E-state index contributed by atoms with van der Waals surface area (Å²) in [7, 11) is 0. The summed E-state index contributed by atoms with van der Waals surface area (Å²) in [6, 6.07) is 4.25. The van der Waals surface area contributed by atoms with Crippen LogP contribution in [0.4, 0.5) is 5.69 Å². The summed E-state index contributed by atoms with van der Waals surface area (Å²) in [5, 5.41) is 12.3. The molecule has 1 rings (SSSR count). The molecule has 0 aliphatic rings. The highest BCUT2D eigenvalue weighted by Crippen LogP contribution is 2.22. The Morgan fingerprint density at radius 1 is 1.39 bits per heavy atom. The van der Waals surface area contributed by atoms with Crippen molar-refractivity contribution in [2.24, 2.45) is 11.7 Å². The van der Waals surface area contributed by atoms with E-state index in [4.69, 9.17) is 22.4 Å². The normalized spacial score (nSPS) is 13.7. The molecule has 0 aromatic heterocycles. The van der Waals surface area contributed by atoms with Gasteiger partial charge < -0.3 is 16.2 Å². The van der Waals surface area contributed by atoms with Crippen molar-refractivity contribution in [3.8, 4) is 0 Å². The van der Waals surface area contributed by atoms with E-state index in [9.17, 15) is 9.59 Å². The molecule has 0 aliphatic carbocycles. The van der Waals surface area contributed by atoms with Crippen LogP contribution in [0.3, 0.4) is 0 Å². The molecule has 0 spiro atoms. The maximum atomic E-state index is 11.2. The number of carboxylic acid groups (broad SMARTS) is 1. The molecule has 2 unspecified atom stereocenters. The molecule has 0 aliphatic heterocycles. The van der Waals surface area contributed by atoms with Crippen LogP contribution < -0.4 is 11.1 Å². The number of hydrogen-bond donors (Lipinski definition) is 3. The topological polar surface area (TPSA) is 92.4 Å². The van der Waals surface area contributed by atoms with Crippen LogP contribution in [0.5, 0.6) is 0 Å². The third-order valence-electron chi connectivity index (χ3n) is 2.77. The number of aliphatic carboxylic acids is 1. The fourth-order valence-electron chi connectivity index (χ4n) is 1.43. The van der Waals surface area contributed by atoms with Crippen molar-refractivity contribution < 1.29 is 14.7 Å². The van der Waals surface area contributed by atoms with Crippen molar-refractivity contribution in [2.75, 3.05) is 5.32 Å². The molecule has 0 heterocycles. The van der Waals surface area contributed by atoms with Gasteiger partial charge in [-0.25, -0.2) is 0 Å². The van der Waals surface area contributed by atoms with Gasteiger partial charge in [0, 0.05) is 16.8 Å². The number of nitrogens with two attached hydrogens (primary N) is 1. The third-order valence-corrected chi connectivity index (χ3v) is 3.00. The zero-order chi connectivity index (χ0) is 13.9. The monoisotopic (exact) mass is 270 g/mol. The molecule has 0 bridgehead atoms. The second-order valence-corrected chi connectivity index (χ2v) is 4.55. The van der Waals surface area contributed by atoms with Gasteiger partial charge in [-0.1, -0.05) is 11.6 Å². The molecule has 0 saturated carbocycles. The molecule has 6 heteroatoms. The average Bonchev–Trinajstić information content (AvgIpc) is 2.27. The van der Waals surface area contributed by atoms with E-state index in [-0.39, 0.29) is 11.6 Å². The van der Waals surface area contributed by atoms with E-state index in [1.165, 1.54) is 6.07 Å². The van der Waals surface area contributed by atoms with E-state index in [2.05, 4.69) is 5.32 Å². The minimum atomic E-state index is -0.919. The Balaban J connectivity index is 2.99. The van der Waals surface area contributed by atoms with Crippen LogP contribution in [0.25, 0.3) is 0 Å². The summed E-state index contributed by atoms with van der Waals surface area (Å²) >= 11 is 5.84. The minimum Gasteiger partial charge on any atom is -0.481 e. The number of halogens is 1. The van der Waals surface area contributed by atoms with Gasteiger partial charge in [0.1, 0.15) is 0 Å². The maximum Gasteiger partial charge on any atom is 0.308 e. The standard InChI is InChI=1S/C12H15ClN2O3/c1-6(12(17)18)7(2)15-10-5-8(13)3-4-9(10)11(14)16/h3-7,15H,1-2H3,(H2,14,16)(H,17,18). The first-order valence-corrected chi connectivity index (χ1v) is 5.79. The number of rotatable bonds is 5. The van der Waals surface area contributed by atoms with Gasteiger partial charge in [-0.3, -0.25) is 9.59 Å². The maximum absolute atomic E-state index is 11.2. The molecule has 18 heavy (non-hydrogen) atoms. The van der Waals surface area contributed by atoms with Crippen molar-refractivity contribution >= 4 is 29.2 Å². The molecule has 5 nitrogen and oxygen atoms in total. The van der Waals surface area contributed by atoms with Crippen molar-refractivity contribution in [1.82, 2.24) is 0 Å². The SMILES string of the molecule is CC(Nc1cc(Cl)ccc1C(N)=O)C(C)C(=O)O. The van der Waals surface area contributed by atoms with Crippen LogP contribution in [-0.2, 0) is 4.79 Å². The highest BCUT2D eigenvalue weighted by molar-refractivity contribution is 6.31. The largest absolute Gasteiger partial charge is 0.481 e. The molecule has 0 fully saturated rings. The van der Waals surface area contributed by atoms with E-state index >= 15 is 0 Å². The fourth-order valence-corrected chi connectivity index (χ4v) is 1.61. The smallest absolute Gasteiger partial charge is 0.308 e. The first-order valence-electron chi connectivity index (χ1n) is 5.41. The number of carbonyl (C=O) groups is 2. The van der Waals surface area contributed by atoms with Gasteiger partial charge in [0.05, 0.1) is 11.5 Å². The number of primary amides is 1. The van der Waals surface area contributed by atoms with Crippen LogP contribution in [0, 0.1) is 5.92 Å². The number of amides is 1. The second-order valence-electron chi connectivity index (χ2n) is 4.11. The lowest BCUT2D eigenvalue weighted by molar-refractivity contribution is -0.141. The highest BCUT2D eigenvalue weighted by Gasteiger charge is 2.20. The van der Waals surface area contributed by atoms with E-state index < -0.39 is 17.8 Å². The Morgan fingerprint density at radius 3 is 2.50 bits per heavy atom. The number of benzene rings is 1. The molecule has 0 radical (unpaired) electrons. The van der Waals surface area contributed by atoms with E-state index in [0.717, 1.165) is 0 Å². The molecule has 0 saturated heterocycles. The number of carbonyl (C=O) groups excluding carboxylic acids is 1. The first kappa shape index (κ1) is 14.3. The number of anilines is 1. The van der Waals surface area contributed by atoms with Gasteiger partial charge >= 0.3 is 5.97 Å². The number of hydrogen-bond acceptors (Lipinski definition) is 3. The Kier molecular flexibility index (Phi) is 4.55. The zero-order valence-electron chi connectivity index (χ0n) is 10.1. The van der Waals surface area contributed by atoms with Gasteiger partial charge in [0.2, 0.25) is 0 Å². The van der Waals surface area contributed by atoms with Gasteiger partial charge in [-0.15, -0.1) is 0 Å². The van der Waals surface area contributed by atoms with Crippen molar-refractivity contribution in [3.63, 3.8) is 0 Å². The summed E-state index contributed by atoms with van der Waals surface area (Å²) in [6.45, 7) is 3.29. The molecule has 2 atom stereocenters. The molecule has 4 N–H and O–H groups in total. The number of nitrogens with one attached hydrogen (secondary N) is 1. The van der Waals surface area contributed by atoms with Gasteiger partial charge in [0.15, 0.2) is 0 Å². The Hall–Kier alpha value is -1.75. The summed E-state index contributed by atoms with van der Waals surface area (Å²) in [5.41, 5.74) is 5.96. The van der Waals surface area contributed by atoms with Crippen molar-refractivity contribution in [3.05, 3.63) is 28.8 Å². The van der Waals surface area contributed by atoms with Gasteiger partial charge in [0.25, 0.3) is 5.91 Å². The summed E-state index contributed by atoms with van der Waals surface area (Å²) in [4.78, 5) is 22.1. The lowest BCUT2D eigenvalue weighted by atomic mass is 10.0. The Morgan fingerprint density at radius 2 is 2.00 bits per heavy atom.